The fourth-order valence-electron chi connectivity index (χ4n) is 1.69. The number of rotatable bonds is 21. The molecule has 1 N–H and O–H groups in total. The summed E-state index contributed by atoms with van der Waals surface area (Å²) >= 11 is 0. The molecule has 0 aliphatic carbocycles. The highest BCUT2D eigenvalue weighted by atomic mass is 31.2. The molecular weight excluding hydrogens is 405 g/mol. The minimum Gasteiger partial charge on any atom is -0.377 e. The maximum Gasteiger partial charge on any atom is 0.472 e. The topological polar surface area (TPSA) is 102 Å². The van der Waals surface area contributed by atoms with Crippen molar-refractivity contribution in [1.82, 2.24) is 0 Å². The van der Waals surface area contributed by atoms with E-state index < -0.39 is 7.82 Å². The highest BCUT2D eigenvalue weighted by Gasteiger charge is 2.22. The van der Waals surface area contributed by atoms with Crippen molar-refractivity contribution in [1.29, 1.82) is 0 Å². The van der Waals surface area contributed by atoms with Crippen molar-refractivity contribution in [3.8, 4) is 12.3 Å². The first-order valence-corrected chi connectivity index (χ1v) is 11.0. The quantitative estimate of drug-likeness (QED) is 0.118. The van der Waals surface area contributed by atoms with Crippen LogP contribution >= 0.6 is 7.82 Å². The molecule has 1 unspecified atom stereocenters. The Kier molecular flexibility index (Phi) is 17.9. The van der Waals surface area contributed by atoms with Crippen LogP contribution in [0, 0.1) is 12.3 Å². The first-order valence-electron chi connectivity index (χ1n) is 9.51. The summed E-state index contributed by atoms with van der Waals surface area (Å²) < 4.78 is 48.3. The molecule has 0 heterocycles. The summed E-state index contributed by atoms with van der Waals surface area (Å²) in [6.07, 6.45) is 5.04. The Morgan fingerprint density at radius 1 is 0.724 bits per heavy atom. The monoisotopic (exact) mass is 442 g/mol. The van der Waals surface area contributed by atoms with E-state index in [1.54, 1.807) is 0 Å². The van der Waals surface area contributed by atoms with Gasteiger partial charge in [-0.1, -0.05) is 5.92 Å². The lowest BCUT2D eigenvalue weighted by Crippen LogP contribution is -2.37. The molecule has 10 nitrogen and oxygen atoms in total. The van der Waals surface area contributed by atoms with E-state index in [0.29, 0.717) is 70.5 Å². The summed E-state index contributed by atoms with van der Waals surface area (Å²) in [5.74, 6) is 2.38. The van der Waals surface area contributed by atoms with Gasteiger partial charge in [0.25, 0.3) is 0 Å². The van der Waals surface area contributed by atoms with E-state index in [-0.39, 0.29) is 19.8 Å². The molecule has 0 aliphatic rings. The van der Waals surface area contributed by atoms with Crippen molar-refractivity contribution in [3.05, 3.63) is 0 Å². The molecule has 0 aromatic heterocycles. The van der Waals surface area contributed by atoms with Gasteiger partial charge in [-0.3, -0.25) is 9.05 Å². The van der Waals surface area contributed by atoms with Gasteiger partial charge in [-0.15, -0.1) is 6.42 Å². The van der Waals surface area contributed by atoms with E-state index in [1.807, 2.05) is 21.1 Å². The third-order valence-corrected chi connectivity index (χ3v) is 4.19. The van der Waals surface area contributed by atoms with Gasteiger partial charge in [0.2, 0.25) is 0 Å². The molecule has 0 aromatic carbocycles. The zero-order chi connectivity index (χ0) is 21.8. The summed E-state index contributed by atoms with van der Waals surface area (Å²) in [5.41, 5.74) is 0. The Bertz CT molecular complexity index is 465. The molecule has 0 bridgehead atoms. The number of hydrogen-bond acceptors (Lipinski definition) is 8. The predicted molar refractivity (Wildman–Crippen MR) is 108 cm³/mol. The van der Waals surface area contributed by atoms with E-state index in [1.165, 1.54) is 0 Å². The predicted octanol–water partition coefficient (Wildman–Crippen LogP) is 0.542. The third kappa shape index (κ3) is 23.6. The van der Waals surface area contributed by atoms with E-state index in [4.69, 9.17) is 39.2 Å². The van der Waals surface area contributed by atoms with Gasteiger partial charge in [0, 0.05) is 0 Å². The summed E-state index contributed by atoms with van der Waals surface area (Å²) in [6.45, 7) is 4.72. The Balaban J connectivity index is 3.29. The van der Waals surface area contributed by atoms with Gasteiger partial charge < -0.3 is 33.1 Å². The van der Waals surface area contributed by atoms with Gasteiger partial charge in [-0.05, 0) is 0 Å². The minimum absolute atomic E-state index is 0.0327. The SMILES string of the molecule is C#CCOCCOCCOCCOCCOCCOP(=O)(O)OCC[N+](C)(C)C. The van der Waals surface area contributed by atoms with Crippen molar-refractivity contribution in [2.45, 2.75) is 0 Å². The summed E-state index contributed by atoms with van der Waals surface area (Å²) in [5, 5.41) is 0. The Labute approximate surface area is 174 Å². The minimum atomic E-state index is -4.03. The standard InChI is InChI=1S/C18H36NO9P/c1-5-7-22-9-10-23-11-12-24-13-14-25-15-16-26-17-18-28-29(20,21)27-8-6-19(2,3)4/h1H,6-18H2,2-4H3/p+1. The Morgan fingerprint density at radius 2 is 1.10 bits per heavy atom. The second-order valence-electron chi connectivity index (χ2n) is 6.86. The van der Waals surface area contributed by atoms with Crippen LogP contribution in [0.1, 0.15) is 0 Å². The lowest BCUT2D eigenvalue weighted by atomic mass is 10.5. The Morgan fingerprint density at radius 3 is 1.52 bits per heavy atom. The van der Waals surface area contributed by atoms with Gasteiger partial charge in [-0.2, -0.15) is 0 Å². The molecule has 172 valence electrons. The lowest BCUT2D eigenvalue weighted by molar-refractivity contribution is -0.870. The van der Waals surface area contributed by atoms with Crippen LogP contribution in [0.25, 0.3) is 0 Å². The molecule has 1 atom stereocenters. The summed E-state index contributed by atoms with van der Waals surface area (Å²) in [4.78, 5) is 9.52. The summed E-state index contributed by atoms with van der Waals surface area (Å²) in [7, 11) is 1.86. The maximum atomic E-state index is 11.6. The highest BCUT2D eigenvalue weighted by Crippen LogP contribution is 2.42. The van der Waals surface area contributed by atoms with Crippen molar-refractivity contribution in [2.75, 3.05) is 107 Å². The summed E-state index contributed by atoms with van der Waals surface area (Å²) in [6, 6.07) is 0. The van der Waals surface area contributed by atoms with Crippen LogP contribution in [0.3, 0.4) is 0 Å². The molecule has 0 fully saturated rings. The molecule has 0 saturated carbocycles. The molecule has 0 radical (unpaired) electrons. The van der Waals surface area contributed by atoms with Gasteiger partial charge in [-0.25, -0.2) is 4.57 Å². The number of phosphoric acid groups is 1. The van der Waals surface area contributed by atoms with Crippen LogP contribution in [0.4, 0.5) is 0 Å². The molecule has 0 spiro atoms. The molecule has 0 saturated heterocycles. The fraction of sp³-hybridized carbons (Fsp3) is 0.889. The van der Waals surface area contributed by atoms with Crippen LogP contribution < -0.4 is 0 Å². The average molecular weight is 442 g/mol. The number of quaternary nitrogens is 1. The second-order valence-corrected chi connectivity index (χ2v) is 8.31. The molecule has 11 heteroatoms. The average Bonchev–Trinajstić information content (AvgIpc) is 2.63. The lowest BCUT2D eigenvalue weighted by Gasteiger charge is -2.24. The van der Waals surface area contributed by atoms with E-state index in [9.17, 15) is 9.46 Å². The Hall–Kier alpha value is -0.570. The number of hydrogen-bond donors (Lipinski definition) is 1. The van der Waals surface area contributed by atoms with E-state index in [2.05, 4.69) is 5.92 Å². The van der Waals surface area contributed by atoms with Crippen molar-refractivity contribution in [2.24, 2.45) is 0 Å². The largest absolute Gasteiger partial charge is 0.472 e. The molecule has 0 amide bonds. The normalized spacial score (nSPS) is 13.9. The van der Waals surface area contributed by atoms with Crippen LogP contribution in [-0.2, 0) is 37.3 Å². The fourth-order valence-corrected chi connectivity index (χ4v) is 2.38. The molecule has 0 aliphatic heterocycles. The van der Waals surface area contributed by atoms with E-state index in [0.717, 1.165) is 0 Å². The van der Waals surface area contributed by atoms with Gasteiger partial charge >= 0.3 is 7.82 Å². The molecule has 0 aromatic rings. The zero-order valence-electron chi connectivity index (χ0n) is 17.9. The number of ether oxygens (including phenoxy) is 5. The van der Waals surface area contributed by atoms with Crippen molar-refractivity contribution < 1.29 is 46.7 Å². The number of nitrogens with zero attached hydrogens (tertiary/aromatic N) is 1. The maximum absolute atomic E-state index is 11.6. The molecular formula is C18H37NO9P+. The third-order valence-electron chi connectivity index (χ3n) is 3.17. The molecule has 0 rings (SSSR count). The highest BCUT2D eigenvalue weighted by molar-refractivity contribution is 7.47. The van der Waals surface area contributed by atoms with Crippen LogP contribution in [0.2, 0.25) is 0 Å². The zero-order valence-corrected chi connectivity index (χ0v) is 18.8. The molecule has 29 heavy (non-hydrogen) atoms. The smallest absolute Gasteiger partial charge is 0.377 e. The van der Waals surface area contributed by atoms with Gasteiger partial charge in [0.1, 0.15) is 19.8 Å². The van der Waals surface area contributed by atoms with Crippen molar-refractivity contribution >= 4 is 7.82 Å². The van der Waals surface area contributed by atoms with Crippen LogP contribution in [0.5, 0.6) is 0 Å². The second kappa shape index (κ2) is 18.2. The number of phosphoric ester groups is 1. The number of likely N-dealkylation sites (N-methyl/N-ethyl adjacent to an activating group) is 1. The van der Waals surface area contributed by atoms with Crippen molar-refractivity contribution in [3.63, 3.8) is 0 Å². The first-order chi connectivity index (χ1) is 13.8. The van der Waals surface area contributed by atoms with Gasteiger partial charge in [0.15, 0.2) is 0 Å². The van der Waals surface area contributed by atoms with Crippen LogP contribution in [0.15, 0.2) is 0 Å². The first kappa shape index (κ1) is 28.4. The van der Waals surface area contributed by atoms with Gasteiger partial charge in [0.05, 0.1) is 87.2 Å². The number of terminal acetylenes is 1. The van der Waals surface area contributed by atoms with E-state index >= 15 is 0 Å². The van der Waals surface area contributed by atoms with Crippen LogP contribution in [-0.4, -0.2) is 116 Å².